The number of para-hydroxylation sites is 1. The number of carbonyl (C=O) groups excluding carboxylic acids is 1. The Morgan fingerprint density at radius 1 is 1.40 bits per heavy atom. The average molecular weight is 360 g/mol. The van der Waals surface area contributed by atoms with Crippen molar-refractivity contribution in [1.29, 1.82) is 0 Å². The Bertz CT molecular complexity index is 892. The van der Waals surface area contributed by atoms with Crippen LogP contribution in [0.1, 0.15) is 0 Å². The first-order valence-electron chi connectivity index (χ1n) is 8.00. The number of benzene rings is 1. The summed E-state index contributed by atoms with van der Waals surface area (Å²) in [5.41, 5.74) is 0.411. The molecule has 1 fully saturated rings. The van der Waals surface area contributed by atoms with E-state index in [9.17, 15) is 13.2 Å². The normalized spacial score (nSPS) is 18.8. The lowest BCUT2D eigenvalue weighted by Crippen LogP contribution is -2.59. The van der Waals surface area contributed by atoms with E-state index in [4.69, 9.17) is 0 Å². The van der Waals surface area contributed by atoms with Crippen molar-refractivity contribution < 1.29 is 13.2 Å². The van der Waals surface area contributed by atoms with E-state index in [1.807, 2.05) is 12.1 Å². The van der Waals surface area contributed by atoms with E-state index in [1.54, 1.807) is 24.4 Å². The number of nitrogens with one attached hydrogen (secondary N) is 2. The Kier molecular flexibility index (Phi) is 5.12. The molecule has 8 heteroatoms. The molecule has 1 aliphatic rings. The summed E-state index contributed by atoms with van der Waals surface area (Å²) in [5.74, 6) is -0.344. The number of pyridine rings is 1. The minimum Gasteiger partial charge on any atom is -0.351 e. The van der Waals surface area contributed by atoms with E-state index < -0.39 is 16.1 Å². The Hall–Kier alpha value is -2.29. The summed E-state index contributed by atoms with van der Waals surface area (Å²) in [5, 5.41) is 6.49. The third kappa shape index (κ3) is 3.41. The minimum absolute atomic E-state index is 0.119. The highest BCUT2D eigenvalue weighted by atomic mass is 32.2. The van der Waals surface area contributed by atoms with Gasteiger partial charge in [0.25, 0.3) is 0 Å². The van der Waals surface area contributed by atoms with Crippen LogP contribution in [0.5, 0.6) is 0 Å². The average Bonchev–Trinajstić information content (AvgIpc) is 2.65. The maximum atomic E-state index is 13.2. The number of nitrogens with zero attached hydrogens (tertiary/aromatic N) is 2. The number of aromatic nitrogens is 1. The number of sulfonamides is 1. The fraction of sp³-hybridized carbons (Fsp3) is 0.294. The molecule has 1 aliphatic heterocycles. The van der Waals surface area contributed by atoms with E-state index in [-0.39, 0.29) is 23.9 Å². The highest BCUT2D eigenvalue weighted by molar-refractivity contribution is 7.89. The minimum atomic E-state index is -3.86. The molecule has 1 amide bonds. The van der Waals surface area contributed by atoms with Gasteiger partial charge in [0.1, 0.15) is 10.9 Å². The first kappa shape index (κ1) is 17.5. The monoisotopic (exact) mass is 360 g/mol. The van der Waals surface area contributed by atoms with Gasteiger partial charge in [0.05, 0.1) is 5.52 Å². The molecule has 1 atom stereocenters. The standard InChI is InChI=1S/C17H20N4O3S/c1-2-8-20-17(22)14-12-18-10-11-21(14)25(23,24)15-7-3-5-13-6-4-9-19-16(13)15/h2-7,9,14,18H,1,8,10-12H2,(H,20,22). The summed E-state index contributed by atoms with van der Waals surface area (Å²) < 4.78 is 27.8. The lowest BCUT2D eigenvalue weighted by Gasteiger charge is -2.34. The maximum Gasteiger partial charge on any atom is 0.246 e. The largest absolute Gasteiger partial charge is 0.351 e. The molecule has 2 N–H and O–H groups in total. The van der Waals surface area contributed by atoms with Crippen LogP contribution in [0.25, 0.3) is 10.9 Å². The van der Waals surface area contributed by atoms with Crippen LogP contribution in [0.4, 0.5) is 0 Å². The molecule has 132 valence electrons. The molecule has 2 aromatic rings. The number of amides is 1. The van der Waals surface area contributed by atoms with Crippen molar-refractivity contribution in [2.75, 3.05) is 26.2 Å². The quantitative estimate of drug-likeness (QED) is 0.758. The molecule has 0 spiro atoms. The molecule has 0 aliphatic carbocycles. The Labute approximate surface area is 146 Å². The lowest BCUT2D eigenvalue weighted by atomic mass is 10.2. The Morgan fingerprint density at radius 3 is 3.00 bits per heavy atom. The zero-order chi connectivity index (χ0) is 17.9. The van der Waals surface area contributed by atoms with Crippen LogP contribution in [-0.2, 0) is 14.8 Å². The molecular formula is C17H20N4O3S. The fourth-order valence-electron chi connectivity index (χ4n) is 2.90. The zero-order valence-corrected chi connectivity index (χ0v) is 14.5. The number of piperazine rings is 1. The maximum absolute atomic E-state index is 13.2. The van der Waals surface area contributed by atoms with E-state index >= 15 is 0 Å². The van der Waals surface area contributed by atoms with Crippen molar-refractivity contribution in [3.05, 3.63) is 49.2 Å². The lowest BCUT2D eigenvalue weighted by molar-refractivity contribution is -0.125. The summed E-state index contributed by atoms with van der Waals surface area (Å²) in [6.45, 7) is 4.82. The number of carbonyl (C=O) groups is 1. The first-order chi connectivity index (χ1) is 12.1. The van der Waals surface area contributed by atoms with E-state index in [0.29, 0.717) is 18.6 Å². The van der Waals surface area contributed by atoms with Crippen molar-refractivity contribution in [3.8, 4) is 0 Å². The van der Waals surface area contributed by atoms with E-state index in [2.05, 4.69) is 22.2 Å². The van der Waals surface area contributed by atoms with Crippen molar-refractivity contribution in [2.24, 2.45) is 0 Å². The summed E-state index contributed by atoms with van der Waals surface area (Å²) in [4.78, 5) is 16.7. The van der Waals surface area contributed by atoms with Gasteiger partial charge in [-0.25, -0.2) is 8.42 Å². The van der Waals surface area contributed by atoms with Gasteiger partial charge in [0.2, 0.25) is 15.9 Å². The van der Waals surface area contributed by atoms with Gasteiger partial charge in [0.15, 0.2) is 0 Å². The smallest absolute Gasteiger partial charge is 0.246 e. The van der Waals surface area contributed by atoms with Crippen LogP contribution in [0.15, 0.2) is 54.1 Å². The van der Waals surface area contributed by atoms with Crippen LogP contribution >= 0.6 is 0 Å². The molecular weight excluding hydrogens is 340 g/mol. The van der Waals surface area contributed by atoms with Crippen LogP contribution in [0, 0.1) is 0 Å². The topological polar surface area (TPSA) is 91.4 Å². The van der Waals surface area contributed by atoms with Gasteiger partial charge >= 0.3 is 0 Å². The zero-order valence-electron chi connectivity index (χ0n) is 13.7. The van der Waals surface area contributed by atoms with Crippen LogP contribution < -0.4 is 10.6 Å². The number of fused-ring (bicyclic) bond motifs is 1. The Balaban J connectivity index is 2.01. The SMILES string of the molecule is C=CCNC(=O)C1CNCCN1S(=O)(=O)c1cccc2cccnc12. The highest BCUT2D eigenvalue weighted by Crippen LogP contribution is 2.25. The van der Waals surface area contributed by atoms with Crippen molar-refractivity contribution >= 4 is 26.8 Å². The summed E-state index contributed by atoms with van der Waals surface area (Å²) in [6, 6.07) is 7.80. The second-order valence-corrected chi connectivity index (χ2v) is 7.56. The molecule has 3 rings (SSSR count). The predicted octanol–water partition coefficient (Wildman–Crippen LogP) is 0.500. The molecule has 25 heavy (non-hydrogen) atoms. The van der Waals surface area contributed by atoms with E-state index in [1.165, 1.54) is 10.4 Å². The number of hydrogen-bond acceptors (Lipinski definition) is 5. The third-order valence-corrected chi connectivity index (χ3v) is 6.04. The molecule has 7 nitrogen and oxygen atoms in total. The highest BCUT2D eigenvalue weighted by Gasteiger charge is 2.38. The molecule has 2 heterocycles. The van der Waals surface area contributed by atoms with Gasteiger partial charge in [-0.15, -0.1) is 6.58 Å². The molecule has 1 aromatic carbocycles. The number of hydrogen-bond donors (Lipinski definition) is 2. The predicted molar refractivity (Wildman–Crippen MR) is 95.5 cm³/mol. The molecule has 0 bridgehead atoms. The van der Waals surface area contributed by atoms with Gasteiger partial charge < -0.3 is 10.6 Å². The van der Waals surface area contributed by atoms with Crippen LogP contribution in [-0.4, -0.2) is 55.8 Å². The van der Waals surface area contributed by atoms with Crippen LogP contribution in [0.2, 0.25) is 0 Å². The van der Waals surface area contributed by atoms with Gasteiger partial charge in [-0.2, -0.15) is 4.31 Å². The van der Waals surface area contributed by atoms with Gasteiger partial charge in [-0.1, -0.05) is 24.3 Å². The van der Waals surface area contributed by atoms with Gasteiger partial charge in [-0.05, 0) is 12.1 Å². The van der Waals surface area contributed by atoms with Crippen molar-refractivity contribution in [3.63, 3.8) is 0 Å². The molecule has 1 unspecified atom stereocenters. The summed E-state index contributed by atoms with van der Waals surface area (Å²) >= 11 is 0. The molecule has 0 saturated carbocycles. The second kappa shape index (κ2) is 7.30. The van der Waals surface area contributed by atoms with E-state index in [0.717, 1.165) is 5.39 Å². The Morgan fingerprint density at radius 2 is 2.20 bits per heavy atom. The van der Waals surface area contributed by atoms with Gasteiger partial charge in [-0.3, -0.25) is 9.78 Å². The third-order valence-electron chi connectivity index (χ3n) is 4.10. The molecule has 1 aromatic heterocycles. The number of rotatable bonds is 5. The second-order valence-electron chi connectivity index (χ2n) is 5.70. The molecule has 0 radical (unpaired) electrons. The van der Waals surface area contributed by atoms with Crippen molar-refractivity contribution in [2.45, 2.75) is 10.9 Å². The van der Waals surface area contributed by atoms with Gasteiger partial charge in [0, 0.05) is 37.8 Å². The molecule has 1 saturated heterocycles. The fourth-order valence-corrected chi connectivity index (χ4v) is 4.65. The van der Waals surface area contributed by atoms with Crippen molar-refractivity contribution in [1.82, 2.24) is 19.9 Å². The summed E-state index contributed by atoms with van der Waals surface area (Å²) in [7, 11) is -3.86. The summed E-state index contributed by atoms with van der Waals surface area (Å²) in [6.07, 6.45) is 3.12. The van der Waals surface area contributed by atoms with Crippen LogP contribution in [0.3, 0.4) is 0 Å². The first-order valence-corrected chi connectivity index (χ1v) is 9.44.